The minimum absolute atomic E-state index is 0.112. The van der Waals surface area contributed by atoms with Crippen LogP contribution in [0, 0.1) is 11.7 Å². The summed E-state index contributed by atoms with van der Waals surface area (Å²) in [6.07, 6.45) is 2.90. The molecular formula is C21H25FN4O3S. The van der Waals surface area contributed by atoms with E-state index in [0.717, 1.165) is 50.4 Å². The third-order valence-electron chi connectivity index (χ3n) is 6.14. The van der Waals surface area contributed by atoms with Gasteiger partial charge < -0.3 is 19.1 Å². The first kappa shape index (κ1) is 19.6. The molecule has 0 radical (unpaired) electrons. The number of aromatic nitrogens is 2. The molecule has 1 N–H and O–H groups in total. The molecule has 1 aliphatic carbocycles. The molecule has 2 aromatic heterocycles. The molecule has 1 aliphatic heterocycles. The Bertz CT molecular complexity index is 1260. The lowest BCUT2D eigenvalue weighted by molar-refractivity contribution is 0.340. The standard InChI is InChI=1S/C21H25FN4O3S/c1-24(2)9-11-6-7-25(10-11)17-14(22)8-13-16(19(17)29-3)26(12-4-5-12)21-15(18(13)27)20(28)23-30-21/h8,11-12H,4-7,9-10H2,1-3H3,(H,23,28)/t11-/m0/s1. The molecule has 1 atom stereocenters. The van der Waals surface area contributed by atoms with E-state index >= 15 is 4.39 Å². The number of hydrogen-bond acceptors (Lipinski definition) is 6. The minimum atomic E-state index is -0.477. The lowest BCUT2D eigenvalue weighted by atomic mass is 10.1. The van der Waals surface area contributed by atoms with Gasteiger partial charge in [-0.25, -0.2) is 4.39 Å². The molecule has 2 aliphatic rings. The second kappa shape index (κ2) is 7.09. The van der Waals surface area contributed by atoms with Crippen molar-refractivity contribution in [1.29, 1.82) is 0 Å². The van der Waals surface area contributed by atoms with Crippen LogP contribution in [0.1, 0.15) is 25.3 Å². The van der Waals surface area contributed by atoms with E-state index in [1.165, 1.54) is 13.2 Å². The van der Waals surface area contributed by atoms with Gasteiger partial charge in [-0.15, -0.1) is 0 Å². The first-order chi connectivity index (χ1) is 14.4. The summed E-state index contributed by atoms with van der Waals surface area (Å²) in [6.45, 7) is 2.42. The number of methoxy groups -OCH3 is 1. The van der Waals surface area contributed by atoms with Gasteiger partial charge in [0.1, 0.15) is 15.9 Å². The van der Waals surface area contributed by atoms with Gasteiger partial charge in [-0.1, -0.05) is 0 Å². The maximum Gasteiger partial charge on any atom is 0.271 e. The fourth-order valence-corrected chi connectivity index (χ4v) is 5.71. The van der Waals surface area contributed by atoms with Crippen molar-refractivity contribution in [2.24, 2.45) is 5.92 Å². The summed E-state index contributed by atoms with van der Waals surface area (Å²) in [5.41, 5.74) is 0.170. The van der Waals surface area contributed by atoms with E-state index in [2.05, 4.69) is 9.27 Å². The van der Waals surface area contributed by atoms with Crippen LogP contribution in [0.2, 0.25) is 0 Å². The summed E-state index contributed by atoms with van der Waals surface area (Å²) in [4.78, 5) is 30.2. The van der Waals surface area contributed by atoms with Crippen molar-refractivity contribution in [2.45, 2.75) is 25.3 Å². The number of ether oxygens (including phenoxy) is 1. The predicted octanol–water partition coefficient (Wildman–Crippen LogP) is 2.78. The number of pyridine rings is 1. The van der Waals surface area contributed by atoms with Crippen LogP contribution in [-0.2, 0) is 0 Å². The molecule has 2 fully saturated rings. The van der Waals surface area contributed by atoms with Crippen molar-refractivity contribution in [3.8, 4) is 5.75 Å². The number of halogens is 1. The van der Waals surface area contributed by atoms with Gasteiger partial charge in [0.25, 0.3) is 5.56 Å². The first-order valence-corrected chi connectivity index (χ1v) is 11.1. The molecule has 0 bridgehead atoms. The third-order valence-corrected chi connectivity index (χ3v) is 7.02. The average molecular weight is 433 g/mol. The summed E-state index contributed by atoms with van der Waals surface area (Å²) >= 11 is 1.16. The SMILES string of the molecule is COc1c(N2CC[C@@H](CN(C)C)C2)c(F)cc2c(=O)c3c(=O)[nH]sc3n(C3CC3)c12. The second-order valence-corrected chi connectivity index (χ2v) is 9.44. The Labute approximate surface area is 176 Å². The zero-order valence-corrected chi connectivity index (χ0v) is 18.1. The number of rotatable bonds is 5. The Morgan fingerprint density at radius 3 is 2.73 bits per heavy atom. The fourth-order valence-electron chi connectivity index (χ4n) is 4.79. The topological polar surface area (TPSA) is 70.6 Å². The van der Waals surface area contributed by atoms with Crippen LogP contribution in [0.15, 0.2) is 15.7 Å². The van der Waals surface area contributed by atoms with Crippen molar-refractivity contribution in [1.82, 2.24) is 13.8 Å². The summed E-state index contributed by atoms with van der Waals surface area (Å²) in [5, 5.41) is 0.321. The highest BCUT2D eigenvalue weighted by molar-refractivity contribution is 7.12. The van der Waals surface area contributed by atoms with Gasteiger partial charge in [0.2, 0.25) is 5.43 Å². The normalized spacial score (nSPS) is 19.5. The molecule has 3 aromatic rings. The first-order valence-electron chi connectivity index (χ1n) is 10.3. The lowest BCUT2D eigenvalue weighted by Gasteiger charge is -2.25. The van der Waals surface area contributed by atoms with E-state index in [-0.39, 0.29) is 16.8 Å². The molecule has 1 saturated heterocycles. The van der Waals surface area contributed by atoms with Crippen molar-refractivity contribution >= 4 is 38.3 Å². The maximum atomic E-state index is 15.4. The number of nitrogens with one attached hydrogen (secondary N) is 1. The Kier molecular flexibility index (Phi) is 4.62. The van der Waals surface area contributed by atoms with E-state index in [1.807, 2.05) is 23.6 Å². The van der Waals surface area contributed by atoms with Gasteiger partial charge in [-0.2, -0.15) is 0 Å². The number of H-pyrrole nitrogens is 1. The van der Waals surface area contributed by atoms with Crippen LogP contribution >= 0.6 is 11.5 Å². The smallest absolute Gasteiger partial charge is 0.271 e. The quantitative estimate of drug-likeness (QED) is 0.671. The van der Waals surface area contributed by atoms with Crippen molar-refractivity contribution in [3.63, 3.8) is 0 Å². The van der Waals surface area contributed by atoms with Crippen molar-refractivity contribution < 1.29 is 9.13 Å². The average Bonchev–Trinajstić information content (AvgIpc) is 3.32. The Morgan fingerprint density at radius 2 is 2.07 bits per heavy atom. The lowest BCUT2D eigenvalue weighted by Crippen LogP contribution is -2.27. The zero-order valence-electron chi connectivity index (χ0n) is 17.3. The van der Waals surface area contributed by atoms with E-state index < -0.39 is 16.8 Å². The highest BCUT2D eigenvalue weighted by Crippen LogP contribution is 2.46. The third kappa shape index (κ3) is 2.94. The summed E-state index contributed by atoms with van der Waals surface area (Å²) in [5.74, 6) is 0.361. The monoisotopic (exact) mass is 432 g/mol. The summed E-state index contributed by atoms with van der Waals surface area (Å²) < 4.78 is 25.9. The van der Waals surface area contributed by atoms with Gasteiger partial charge >= 0.3 is 0 Å². The highest BCUT2D eigenvalue weighted by atomic mass is 32.1. The molecule has 30 heavy (non-hydrogen) atoms. The molecular weight excluding hydrogens is 407 g/mol. The zero-order chi connectivity index (χ0) is 21.2. The summed E-state index contributed by atoms with van der Waals surface area (Å²) in [7, 11) is 5.61. The number of aromatic amines is 1. The molecule has 1 saturated carbocycles. The van der Waals surface area contributed by atoms with Gasteiger partial charge in [-0.05, 0) is 56.9 Å². The number of fused-ring (bicyclic) bond motifs is 2. The van der Waals surface area contributed by atoms with Gasteiger partial charge in [0, 0.05) is 25.7 Å². The second-order valence-electron chi connectivity index (χ2n) is 8.64. The molecule has 160 valence electrons. The molecule has 5 rings (SSSR count). The van der Waals surface area contributed by atoms with Gasteiger partial charge in [-0.3, -0.25) is 14.0 Å². The summed E-state index contributed by atoms with van der Waals surface area (Å²) in [6, 6.07) is 1.49. The van der Waals surface area contributed by atoms with E-state index in [0.29, 0.717) is 27.7 Å². The molecule has 1 aromatic carbocycles. The van der Waals surface area contributed by atoms with Crippen LogP contribution in [0.4, 0.5) is 10.1 Å². The molecule has 0 spiro atoms. The number of anilines is 1. The van der Waals surface area contributed by atoms with Crippen LogP contribution < -0.4 is 20.6 Å². The molecule has 3 heterocycles. The van der Waals surface area contributed by atoms with E-state index in [1.54, 1.807) is 0 Å². The van der Waals surface area contributed by atoms with Crippen LogP contribution in [0.25, 0.3) is 21.1 Å². The molecule has 9 heteroatoms. The predicted molar refractivity (Wildman–Crippen MR) is 118 cm³/mol. The number of nitrogens with zero attached hydrogens (tertiary/aromatic N) is 3. The van der Waals surface area contributed by atoms with Crippen LogP contribution in [0.3, 0.4) is 0 Å². The van der Waals surface area contributed by atoms with Crippen LogP contribution in [-0.4, -0.2) is 54.7 Å². The Balaban J connectivity index is 1.77. The van der Waals surface area contributed by atoms with Crippen molar-refractivity contribution in [3.05, 3.63) is 32.5 Å². The van der Waals surface area contributed by atoms with Crippen molar-refractivity contribution in [2.75, 3.05) is 45.7 Å². The fraction of sp³-hybridized carbons (Fsp3) is 0.524. The van der Waals surface area contributed by atoms with Gasteiger partial charge in [0.15, 0.2) is 11.6 Å². The maximum absolute atomic E-state index is 15.4. The Hall–Kier alpha value is -2.39. The molecule has 0 amide bonds. The Morgan fingerprint density at radius 1 is 1.30 bits per heavy atom. The van der Waals surface area contributed by atoms with E-state index in [4.69, 9.17) is 4.74 Å². The number of benzene rings is 1. The molecule has 7 nitrogen and oxygen atoms in total. The number of hydrogen-bond donors (Lipinski definition) is 1. The van der Waals surface area contributed by atoms with E-state index in [9.17, 15) is 9.59 Å². The molecule has 0 unspecified atom stereocenters. The van der Waals surface area contributed by atoms with Crippen LogP contribution in [0.5, 0.6) is 5.75 Å². The minimum Gasteiger partial charge on any atom is -0.492 e. The largest absolute Gasteiger partial charge is 0.492 e. The highest BCUT2D eigenvalue weighted by Gasteiger charge is 2.34. The van der Waals surface area contributed by atoms with Gasteiger partial charge in [0.05, 0.1) is 18.0 Å².